The van der Waals surface area contributed by atoms with Gasteiger partial charge in [-0.05, 0) is 12.1 Å². The summed E-state index contributed by atoms with van der Waals surface area (Å²) in [5.74, 6) is -0.556. The van der Waals surface area contributed by atoms with Gasteiger partial charge in [-0.25, -0.2) is 4.79 Å². The zero-order valence-electron chi connectivity index (χ0n) is 6.87. The molecule has 0 spiro atoms. The lowest BCUT2D eigenvalue weighted by molar-refractivity contribution is 0.0600. The molecule has 0 saturated carbocycles. The number of rotatable bonds is 1. The van der Waals surface area contributed by atoms with Crippen LogP contribution in [0.25, 0.3) is 0 Å². The minimum absolute atomic E-state index is 0.149. The van der Waals surface area contributed by atoms with Crippen molar-refractivity contribution in [2.75, 3.05) is 7.11 Å². The molecule has 66 valence electrons. The molecule has 1 aromatic carbocycles. The third-order valence-corrected chi connectivity index (χ3v) is 1.85. The van der Waals surface area contributed by atoms with Crippen LogP contribution in [-0.2, 0) is 4.74 Å². The predicted octanol–water partition coefficient (Wildman–Crippen LogP) is 2.00. The molecule has 0 atom stereocenters. The van der Waals surface area contributed by atoms with Gasteiger partial charge in [0.15, 0.2) is 0 Å². The third kappa shape index (κ3) is 1.79. The number of hydrogen-bond acceptors (Lipinski definition) is 3. The second kappa shape index (κ2) is 3.92. The van der Waals surface area contributed by atoms with Crippen LogP contribution >= 0.6 is 11.6 Å². The first kappa shape index (κ1) is 9.56. The van der Waals surface area contributed by atoms with Crippen LogP contribution < -0.4 is 0 Å². The van der Waals surface area contributed by atoms with Crippen molar-refractivity contribution in [3.63, 3.8) is 0 Å². The Hall–Kier alpha value is -1.53. The maximum atomic E-state index is 11.1. The van der Waals surface area contributed by atoms with Crippen LogP contribution in [0, 0.1) is 11.3 Å². The Morgan fingerprint density at radius 1 is 1.62 bits per heavy atom. The Labute approximate surface area is 80.5 Å². The molecular formula is C9H6ClNO2. The molecule has 1 aromatic rings. The number of hydrogen-bond donors (Lipinski definition) is 0. The number of carbonyl (C=O) groups is 1. The molecule has 0 fully saturated rings. The summed E-state index contributed by atoms with van der Waals surface area (Å²) in [7, 11) is 1.25. The van der Waals surface area contributed by atoms with Crippen molar-refractivity contribution < 1.29 is 9.53 Å². The van der Waals surface area contributed by atoms with Gasteiger partial charge in [-0.1, -0.05) is 17.7 Å². The van der Waals surface area contributed by atoms with Gasteiger partial charge in [0.2, 0.25) is 0 Å². The lowest BCUT2D eigenvalue weighted by Crippen LogP contribution is -2.04. The summed E-state index contributed by atoms with van der Waals surface area (Å²) in [4.78, 5) is 11.1. The number of esters is 1. The smallest absolute Gasteiger partial charge is 0.339 e. The maximum Gasteiger partial charge on any atom is 0.339 e. The van der Waals surface area contributed by atoms with Gasteiger partial charge in [-0.3, -0.25) is 0 Å². The van der Waals surface area contributed by atoms with Gasteiger partial charge in [0.05, 0.1) is 23.3 Å². The van der Waals surface area contributed by atoms with Gasteiger partial charge in [-0.2, -0.15) is 5.26 Å². The van der Waals surface area contributed by atoms with E-state index in [0.29, 0.717) is 0 Å². The van der Waals surface area contributed by atoms with Crippen LogP contribution in [0.3, 0.4) is 0 Å². The van der Waals surface area contributed by atoms with Crippen LogP contribution in [-0.4, -0.2) is 13.1 Å². The molecule has 0 saturated heterocycles. The lowest BCUT2D eigenvalue weighted by atomic mass is 10.1. The van der Waals surface area contributed by atoms with E-state index in [1.807, 2.05) is 6.07 Å². The Morgan fingerprint density at radius 3 is 2.85 bits per heavy atom. The Morgan fingerprint density at radius 2 is 2.31 bits per heavy atom. The Balaban J connectivity index is 3.30. The van der Waals surface area contributed by atoms with Gasteiger partial charge < -0.3 is 4.74 Å². The van der Waals surface area contributed by atoms with Crippen LogP contribution in [0.1, 0.15) is 15.9 Å². The van der Waals surface area contributed by atoms with Crippen LogP contribution in [0.5, 0.6) is 0 Å². The van der Waals surface area contributed by atoms with E-state index in [-0.39, 0.29) is 16.1 Å². The summed E-state index contributed by atoms with van der Waals surface area (Å²) in [6.45, 7) is 0. The van der Waals surface area contributed by atoms with Gasteiger partial charge in [0.1, 0.15) is 6.07 Å². The van der Waals surface area contributed by atoms with E-state index < -0.39 is 5.97 Å². The SMILES string of the molecule is COC(=O)c1cccc(Cl)c1C#N. The number of ether oxygens (including phenoxy) is 1. The van der Waals surface area contributed by atoms with Gasteiger partial charge >= 0.3 is 5.97 Å². The van der Waals surface area contributed by atoms with Crippen molar-refractivity contribution in [3.05, 3.63) is 34.3 Å². The lowest BCUT2D eigenvalue weighted by Gasteiger charge is -2.01. The number of benzene rings is 1. The van der Waals surface area contributed by atoms with E-state index in [9.17, 15) is 4.79 Å². The monoisotopic (exact) mass is 195 g/mol. The van der Waals surface area contributed by atoms with Gasteiger partial charge in [-0.15, -0.1) is 0 Å². The zero-order valence-corrected chi connectivity index (χ0v) is 7.63. The quantitative estimate of drug-likeness (QED) is 0.644. The first-order chi connectivity index (χ1) is 6.20. The van der Waals surface area contributed by atoms with Crippen molar-refractivity contribution in [2.24, 2.45) is 0 Å². The molecule has 4 heteroatoms. The fraction of sp³-hybridized carbons (Fsp3) is 0.111. The summed E-state index contributed by atoms with van der Waals surface area (Å²) in [6, 6.07) is 6.48. The summed E-state index contributed by atoms with van der Waals surface area (Å²) in [5, 5.41) is 8.96. The molecule has 0 aliphatic rings. The molecule has 0 aliphatic carbocycles. The van der Waals surface area contributed by atoms with Crippen molar-refractivity contribution >= 4 is 17.6 Å². The molecule has 0 amide bonds. The number of nitriles is 1. The van der Waals surface area contributed by atoms with Gasteiger partial charge in [0.25, 0.3) is 0 Å². The average Bonchev–Trinajstić information content (AvgIpc) is 2.16. The largest absolute Gasteiger partial charge is 0.465 e. The van der Waals surface area contributed by atoms with Crippen LogP contribution in [0.4, 0.5) is 0 Å². The Bertz CT molecular complexity index is 382. The molecule has 0 bridgehead atoms. The molecule has 0 radical (unpaired) electrons. The predicted molar refractivity (Wildman–Crippen MR) is 47.5 cm³/mol. The normalized spacial score (nSPS) is 9.00. The molecule has 13 heavy (non-hydrogen) atoms. The summed E-state index contributed by atoms with van der Waals surface area (Å²) in [6.07, 6.45) is 0. The zero-order chi connectivity index (χ0) is 9.84. The standard InChI is InChI=1S/C9H6ClNO2/c1-13-9(12)6-3-2-4-8(10)7(6)5-11/h2-4H,1H3. The second-order valence-corrected chi connectivity index (χ2v) is 2.67. The molecule has 3 nitrogen and oxygen atoms in total. The van der Waals surface area contributed by atoms with Crippen molar-refractivity contribution in [2.45, 2.75) is 0 Å². The van der Waals surface area contributed by atoms with E-state index in [2.05, 4.69) is 4.74 Å². The fourth-order valence-electron chi connectivity index (χ4n) is 0.918. The highest BCUT2D eigenvalue weighted by atomic mass is 35.5. The highest BCUT2D eigenvalue weighted by Crippen LogP contribution is 2.19. The number of carbonyl (C=O) groups excluding carboxylic acids is 1. The fourth-order valence-corrected chi connectivity index (χ4v) is 1.13. The highest BCUT2D eigenvalue weighted by Gasteiger charge is 2.13. The van der Waals surface area contributed by atoms with Crippen molar-refractivity contribution in [1.29, 1.82) is 5.26 Å². The van der Waals surface area contributed by atoms with E-state index in [0.717, 1.165) is 0 Å². The molecule has 0 heterocycles. The third-order valence-electron chi connectivity index (χ3n) is 1.53. The highest BCUT2D eigenvalue weighted by molar-refractivity contribution is 6.32. The maximum absolute atomic E-state index is 11.1. The van der Waals surface area contributed by atoms with E-state index >= 15 is 0 Å². The molecule has 0 unspecified atom stereocenters. The molecule has 0 aliphatic heterocycles. The number of methoxy groups -OCH3 is 1. The molecular weight excluding hydrogens is 190 g/mol. The molecule has 0 N–H and O–H groups in total. The topological polar surface area (TPSA) is 50.1 Å². The first-order valence-electron chi connectivity index (χ1n) is 3.47. The Kier molecular flexibility index (Phi) is 2.88. The minimum atomic E-state index is -0.556. The summed E-state index contributed by atoms with van der Waals surface area (Å²) in [5.41, 5.74) is 0.341. The van der Waals surface area contributed by atoms with Crippen LogP contribution in [0.15, 0.2) is 18.2 Å². The summed E-state index contributed by atoms with van der Waals surface area (Å²) >= 11 is 5.70. The molecule has 1 rings (SSSR count). The second-order valence-electron chi connectivity index (χ2n) is 2.27. The van der Waals surface area contributed by atoms with Crippen molar-refractivity contribution in [1.82, 2.24) is 0 Å². The van der Waals surface area contributed by atoms with Crippen LogP contribution in [0.2, 0.25) is 5.02 Å². The molecule has 0 aromatic heterocycles. The van der Waals surface area contributed by atoms with E-state index in [1.54, 1.807) is 12.1 Å². The van der Waals surface area contributed by atoms with Gasteiger partial charge in [0, 0.05) is 0 Å². The summed E-state index contributed by atoms with van der Waals surface area (Å²) < 4.78 is 4.49. The minimum Gasteiger partial charge on any atom is -0.465 e. The number of nitrogens with zero attached hydrogens (tertiary/aromatic N) is 1. The number of halogens is 1. The average molecular weight is 196 g/mol. The first-order valence-corrected chi connectivity index (χ1v) is 3.85. The van der Waals surface area contributed by atoms with Crippen molar-refractivity contribution in [3.8, 4) is 6.07 Å². The van der Waals surface area contributed by atoms with E-state index in [4.69, 9.17) is 16.9 Å². The van der Waals surface area contributed by atoms with E-state index in [1.165, 1.54) is 13.2 Å².